The van der Waals surface area contributed by atoms with Gasteiger partial charge in [-0.15, -0.1) is 0 Å². The molecule has 0 bridgehead atoms. The van der Waals surface area contributed by atoms with E-state index in [1.807, 2.05) is 30.3 Å². The monoisotopic (exact) mass is 289 g/mol. The molecule has 0 unspecified atom stereocenters. The molecule has 0 saturated carbocycles. The van der Waals surface area contributed by atoms with Crippen LogP contribution in [0.15, 0.2) is 42.5 Å². The molecule has 2 rings (SSSR count). The predicted molar refractivity (Wildman–Crippen MR) is 77.5 cm³/mol. The van der Waals surface area contributed by atoms with Crippen LogP contribution < -0.4 is 0 Å². The fourth-order valence-corrected chi connectivity index (χ4v) is 2.24. The molecule has 1 amide bonds. The van der Waals surface area contributed by atoms with Gasteiger partial charge in [0.15, 0.2) is 0 Å². The molecule has 1 aromatic carbocycles. The normalized spacial score (nSPS) is 17.7. The lowest BCUT2D eigenvalue weighted by Gasteiger charge is -2.22. The Morgan fingerprint density at radius 1 is 1.29 bits per heavy atom. The Morgan fingerprint density at radius 3 is 2.67 bits per heavy atom. The highest BCUT2D eigenvalue weighted by atomic mass is 16.6. The number of carbonyl (C=O) groups is 2. The summed E-state index contributed by atoms with van der Waals surface area (Å²) in [6, 6.07) is 8.77. The zero-order chi connectivity index (χ0) is 15.2. The van der Waals surface area contributed by atoms with Crippen molar-refractivity contribution in [2.75, 3.05) is 13.2 Å². The van der Waals surface area contributed by atoms with Crippen LogP contribution in [0.25, 0.3) is 0 Å². The Labute approximate surface area is 124 Å². The largest absolute Gasteiger partial charge is 0.464 e. The highest BCUT2D eigenvalue weighted by molar-refractivity contribution is 5.83. The van der Waals surface area contributed by atoms with E-state index < -0.39 is 18.1 Å². The second-order valence-corrected chi connectivity index (χ2v) is 4.89. The van der Waals surface area contributed by atoms with Crippen LogP contribution in [0.3, 0.4) is 0 Å². The molecule has 0 N–H and O–H groups in total. The average molecular weight is 289 g/mol. The number of hydrogen-bond acceptors (Lipinski definition) is 4. The van der Waals surface area contributed by atoms with Gasteiger partial charge in [0.25, 0.3) is 0 Å². The molecule has 1 atom stereocenters. The summed E-state index contributed by atoms with van der Waals surface area (Å²) >= 11 is 0. The van der Waals surface area contributed by atoms with Gasteiger partial charge in [0.1, 0.15) is 12.6 Å². The van der Waals surface area contributed by atoms with E-state index in [1.165, 1.54) is 4.90 Å². The van der Waals surface area contributed by atoms with Crippen LogP contribution in [-0.4, -0.2) is 36.2 Å². The molecular weight excluding hydrogens is 270 g/mol. The predicted octanol–water partition coefficient (Wildman–Crippen LogP) is 2.52. The van der Waals surface area contributed by atoms with E-state index in [1.54, 1.807) is 6.92 Å². The quantitative estimate of drug-likeness (QED) is 0.631. The second-order valence-electron chi connectivity index (χ2n) is 4.89. The fraction of sp³-hybridized carbons (Fsp3) is 0.375. The molecule has 1 aliphatic rings. The van der Waals surface area contributed by atoms with Crippen molar-refractivity contribution < 1.29 is 19.1 Å². The van der Waals surface area contributed by atoms with Crippen molar-refractivity contribution in [1.82, 2.24) is 4.90 Å². The van der Waals surface area contributed by atoms with Crippen molar-refractivity contribution in [2.45, 2.75) is 26.0 Å². The van der Waals surface area contributed by atoms with Gasteiger partial charge < -0.3 is 9.47 Å². The van der Waals surface area contributed by atoms with E-state index in [4.69, 9.17) is 9.47 Å². The topological polar surface area (TPSA) is 55.8 Å². The Hall–Kier alpha value is -2.30. The summed E-state index contributed by atoms with van der Waals surface area (Å²) in [5.74, 6) is -0.409. The summed E-state index contributed by atoms with van der Waals surface area (Å²) in [6.07, 6.45) is -0.0882. The van der Waals surface area contributed by atoms with Crippen LogP contribution >= 0.6 is 0 Å². The summed E-state index contributed by atoms with van der Waals surface area (Å²) < 4.78 is 10.2. The molecule has 1 fully saturated rings. The molecule has 5 heteroatoms. The standard InChI is InChI=1S/C16H19NO4/c1-3-20-15(18)14-9-12(2)10-17(14)16(19)21-11-13-7-5-4-6-8-13/h4-8,14H,2-3,9-11H2,1H3/t14-/m0/s1. The molecule has 0 aliphatic carbocycles. The number of esters is 1. The van der Waals surface area contributed by atoms with Gasteiger partial charge in [-0.1, -0.05) is 42.5 Å². The third kappa shape index (κ3) is 3.84. The van der Waals surface area contributed by atoms with Crippen LogP contribution in [0, 0.1) is 0 Å². The number of benzene rings is 1. The lowest BCUT2D eigenvalue weighted by Crippen LogP contribution is -2.41. The SMILES string of the molecule is C=C1C[C@@H](C(=O)OCC)N(C(=O)OCc2ccccc2)C1. The fourth-order valence-electron chi connectivity index (χ4n) is 2.24. The summed E-state index contributed by atoms with van der Waals surface area (Å²) in [4.78, 5) is 25.4. The second kappa shape index (κ2) is 6.92. The zero-order valence-corrected chi connectivity index (χ0v) is 12.1. The molecular formula is C16H19NO4. The lowest BCUT2D eigenvalue weighted by molar-refractivity contribution is -0.147. The highest BCUT2D eigenvalue weighted by Crippen LogP contribution is 2.23. The maximum atomic E-state index is 12.1. The number of ether oxygens (including phenoxy) is 2. The van der Waals surface area contributed by atoms with Crippen LogP contribution in [0.4, 0.5) is 4.79 Å². The number of carbonyl (C=O) groups excluding carboxylic acids is 2. The first-order valence-electron chi connectivity index (χ1n) is 6.92. The van der Waals surface area contributed by atoms with E-state index in [0.29, 0.717) is 13.0 Å². The molecule has 112 valence electrons. The van der Waals surface area contributed by atoms with Crippen molar-refractivity contribution in [3.8, 4) is 0 Å². The number of hydrogen-bond donors (Lipinski definition) is 0. The van der Waals surface area contributed by atoms with Crippen LogP contribution in [0.1, 0.15) is 18.9 Å². The Bertz CT molecular complexity index is 526. The smallest absolute Gasteiger partial charge is 0.411 e. The molecule has 0 aromatic heterocycles. The van der Waals surface area contributed by atoms with Gasteiger partial charge in [-0.3, -0.25) is 4.90 Å². The molecule has 0 spiro atoms. The molecule has 1 heterocycles. The summed E-state index contributed by atoms with van der Waals surface area (Å²) in [7, 11) is 0. The Balaban J connectivity index is 1.96. The van der Waals surface area contributed by atoms with Gasteiger partial charge in [0.2, 0.25) is 0 Å². The van der Waals surface area contributed by atoms with Crippen LogP contribution in [0.2, 0.25) is 0 Å². The average Bonchev–Trinajstić information content (AvgIpc) is 2.88. The van der Waals surface area contributed by atoms with Gasteiger partial charge in [0.05, 0.1) is 6.61 Å². The summed E-state index contributed by atoms with van der Waals surface area (Å²) in [5.41, 5.74) is 1.72. The van der Waals surface area contributed by atoms with Crippen LogP contribution in [-0.2, 0) is 20.9 Å². The number of amides is 1. The number of rotatable bonds is 4. The Morgan fingerprint density at radius 2 is 2.00 bits per heavy atom. The first-order chi connectivity index (χ1) is 10.1. The minimum absolute atomic E-state index is 0.179. The van der Waals surface area contributed by atoms with Crippen molar-refractivity contribution >= 4 is 12.1 Å². The van der Waals surface area contributed by atoms with Gasteiger partial charge in [0, 0.05) is 13.0 Å². The van der Waals surface area contributed by atoms with Gasteiger partial charge >= 0.3 is 12.1 Å². The van der Waals surface area contributed by atoms with E-state index in [-0.39, 0.29) is 13.2 Å². The molecule has 21 heavy (non-hydrogen) atoms. The zero-order valence-electron chi connectivity index (χ0n) is 12.1. The highest BCUT2D eigenvalue weighted by Gasteiger charge is 2.37. The van der Waals surface area contributed by atoms with E-state index in [2.05, 4.69) is 6.58 Å². The van der Waals surface area contributed by atoms with Crippen molar-refractivity contribution in [1.29, 1.82) is 0 Å². The van der Waals surface area contributed by atoms with Gasteiger partial charge in [-0.05, 0) is 12.5 Å². The molecule has 0 radical (unpaired) electrons. The molecule has 1 saturated heterocycles. The Kier molecular flexibility index (Phi) is 4.98. The van der Waals surface area contributed by atoms with Crippen molar-refractivity contribution in [3.63, 3.8) is 0 Å². The van der Waals surface area contributed by atoms with Crippen molar-refractivity contribution in [3.05, 3.63) is 48.0 Å². The maximum Gasteiger partial charge on any atom is 0.411 e. The first kappa shape index (κ1) is 15.1. The summed E-state index contributed by atoms with van der Waals surface area (Å²) in [5, 5.41) is 0. The molecule has 1 aromatic rings. The number of likely N-dealkylation sites (tertiary alicyclic amines) is 1. The maximum absolute atomic E-state index is 12.1. The first-order valence-corrected chi connectivity index (χ1v) is 6.92. The molecule has 1 aliphatic heterocycles. The van der Waals surface area contributed by atoms with E-state index in [9.17, 15) is 9.59 Å². The van der Waals surface area contributed by atoms with Crippen LogP contribution in [0.5, 0.6) is 0 Å². The van der Waals surface area contributed by atoms with E-state index >= 15 is 0 Å². The third-order valence-electron chi connectivity index (χ3n) is 3.25. The minimum Gasteiger partial charge on any atom is -0.464 e. The van der Waals surface area contributed by atoms with Crippen molar-refractivity contribution in [2.24, 2.45) is 0 Å². The van der Waals surface area contributed by atoms with Gasteiger partial charge in [-0.25, -0.2) is 9.59 Å². The number of nitrogens with zero attached hydrogens (tertiary/aromatic N) is 1. The molecule has 5 nitrogen and oxygen atoms in total. The lowest BCUT2D eigenvalue weighted by atomic mass is 10.2. The van der Waals surface area contributed by atoms with Gasteiger partial charge in [-0.2, -0.15) is 0 Å². The summed E-state index contributed by atoms with van der Waals surface area (Å²) in [6.45, 7) is 6.37. The van der Waals surface area contributed by atoms with E-state index in [0.717, 1.165) is 11.1 Å². The minimum atomic E-state index is -0.624. The third-order valence-corrected chi connectivity index (χ3v) is 3.25.